The molecule has 2 aromatic rings. The molecule has 2 saturated heterocycles. The summed E-state index contributed by atoms with van der Waals surface area (Å²) in [7, 11) is 0. The average Bonchev–Trinajstić information content (AvgIpc) is 2.85. The molecule has 6 heteroatoms. The molecule has 0 aliphatic carbocycles. The van der Waals surface area contributed by atoms with Gasteiger partial charge in [-0.25, -0.2) is 0 Å². The van der Waals surface area contributed by atoms with Gasteiger partial charge in [0.2, 0.25) is 23.6 Å². The number of anilines is 2. The van der Waals surface area contributed by atoms with Gasteiger partial charge in [0, 0.05) is 19.3 Å². The number of piperidine rings is 1. The molecule has 2 fully saturated rings. The molecular weight excluding hydrogens is 332 g/mol. The highest BCUT2D eigenvalue weighted by atomic mass is 16.2. The summed E-state index contributed by atoms with van der Waals surface area (Å²) in [6.45, 7) is 0. The van der Waals surface area contributed by atoms with Crippen molar-refractivity contribution in [1.29, 1.82) is 0 Å². The van der Waals surface area contributed by atoms with Crippen LogP contribution in [0.1, 0.15) is 19.3 Å². The van der Waals surface area contributed by atoms with Crippen LogP contribution < -0.4 is 9.80 Å². The summed E-state index contributed by atoms with van der Waals surface area (Å²) in [5.74, 6) is -1.76. The van der Waals surface area contributed by atoms with E-state index in [9.17, 15) is 19.2 Å². The van der Waals surface area contributed by atoms with E-state index in [0.29, 0.717) is 11.4 Å². The maximum atomic E-state index is 13.0. The third-order valence-electron chi connectivity index (χ3n) is 4.90. The first kappa shape index (κ1) is 16.2. The van der Waals surface area contributed by atoms with E-state index in [1.165, 1.54) is 0 Å². The second-order valence-corrected chi connectivity index (χ2v) is 6.64. The summed E-state index contributed by atoms with van der Waals surface area (Å²) < 4.78 is 0. The molecule has 130 valence electrons. The lowest BCUT2D eigenvalue weighted by atomic mass is 9.76. The third kappa shape index (κ3) is 2.42. The molecule has 2 aliphatic heterocycles. The van der Waals surface area contributed by atoms with E-state index in [0.717, 1.165) is 9.80 Å². The molecule has 0 saturated carbocycles. The molecule has 4 amide bonds. The topological polar surface area (TPSA) is 74.8 Å². The van der Waals surface area contributed by atoms with Crippen LogP contribution in [0.2, 0.25) is 0 Å². The molecule has 0 radical (unpaired) electrons. The van der Waals surface area contributed by atoms with E-state index in [-0.39, 0.29) is 25.2 Å². The Morgan fingerprint density at radius 2 is 0.962 bits per heavy atom. The van der Waals surface area contributed by atoms with Crippen LogP contribution in [0.25, 0.3) is 0 Å². The molecule has 2 heterocycles. The van der Waals surface area contributed by atoms with E-state index in [1.807, 2.05) is 0 Å². The smallest absolute Gasteiger partial charge is 0.241 e. The van der Waals surface area contributed by atoms with Gasteiger partial charge >= 0.3 is 0 Å². The minimum Gasteiger partial charge on any atom is -0.274 e. The van der Waals surface area contributed by atoms with Gasteiger partial charge in [-0.15, -0.1) is 0 Å². The number of amides is 4. The number of nitrogens with zero attached hydrogens (tertiary/aromatic N) is 2. The second kappa shape index (κ2) is 5.91. The Labute approximate surface area is 150 Å². The Balaban J connectivity index is 1.65. The molecule has 26 heavy (non-hydrogen) atoms. The van der Waals surface area contributed by atoms with E-state index < -0.39 is 23.1 Å². The number of imide groups is 2. The fourth-order valence-electron chi connectivity index (χ4n) is 3.71. The summed E-state index contributed by atoms with van der Waals surface area (Å²) in [4.78, 5) is 53.1. The van der Waals surface area contributed by atoms with Gasteiger partial charge in [-0.3, -0.25) is 29.0 Å². The maximum Gasteiger partial charge on any atom is 0.241 e. The molecular formula is C20H16N2O4. The summed E-state index contributed by atoms with van der Waals surface area (Å²) in [5, 5.41) is 0. The number of benzene rings is 2. The van der Waals surface area contributed by atoms with Crippen molar-refractivity contribution in [2.45, 2.75) is 19.3 Å². The molecule has 6 nitrogen and oxygen atoms in total. The largest absolute Gasteiger partial charge is 0.274 e. The van der Waals surface area contributed by atoms with Crippen LogP contribution in [0.3, 0.4) is 0 Å². The summed E-state index contributed by atoms with van der Waals surface area (Å²) >= 11 is 0. The van der Waals surface area contributed by atoms with Crippen molar-refractivity contribution in [1.82, 2.24) is 0 Å². The number of carbonyl (C=O) groups excluding carboxylic acids is 4. The van der Waals surface area contributed by atoms with Crippen LogP contribution in [-0.4, -0.2) is 23.6 Å². The van der Waals surface area contributed by atoms with Crippen molar-refractivity contribution in [3.63, 3.8) is 0 Å². The van der Waals surface area contributed by atoms with Gasteiger partial charge in [0.25, 0.3) is 0 Å². The van der Waals surface area contributed by atoms with Crippen LogP contribution in [0.4, 0.5) is 11.4 Å². The number of para-hydroxylation sites is 2. The molecule has 0 bridgehead atoms. The van der Waals surface area contributed by atoms with Crippen molar-refractivity contribution in [2.75, 3.05) is 9.80 Å². The minimum absolute atomic E-state index is 0.124. The highest BCUT2D eigenvalue weighted by molar-refractivity contribution is 6.27. The number of hydrogen-bond acceptors (Lipinski definition) is 4. The van der Waals surface area contributed by atoms with E-state index in [1.54, 1.807) is 60.7 Å². The van der Waals surface area contributed by atoms with Crippen LogP contribution in [0, 0.1) is 5.41 Å². The molecule has 0 aromatic heterocycles. The molecule has 4 rings (SSSR count). The van der Waals surface area contributed by atoms with E-state index in [2.05, 4.69) is 0 Å². The Kier molecular flexibility index (Phi) is 3.68. The number of rotatable bonds is 2. The second-order valence-electron chi connectivity index (χ2n) is 6.64. The van der Waals surface area contributed by atoms with Crippen molar-refractivity contribution >= 4 is 35.0 Å². The van der Waals surface area contributed by atoms with Gasteiger partial charge in [0.1, 0.15) is 0 Å². The van der Waals surface area contributed by atoms with E-state index >= 15 is 0 Å². The molecule has 1 spiro atoms. The first-order valence-corrected chi connectivity index (χ1v) is 8.35. The van der Waals surface area contributed by atoms with Crippen LogP contribution in [-0.2, 0) is 19.2 Å². The SMILES string of the molecule is O=C1CC2(CC(=O)N1c1ccccc1)CC(=O)N(c1ccccc1)C2=O. The summed E-state index contributed by atoms with van der Waals surface area (Å²) in [6, 6.07) is 17.2. The molecule has 0 unspecified atom stereocenters. The molecule has 2 aliphatic rings. The van der Waals surface area contributed by atoms with Crippen LogP contribution in [0.5, 0.6) is 0 Å². The zero-order chi connectivity index (χ0) is 18.3. The summed E-state index contributed by atoms with van der Waals surface area (Å²) in [6.07, 6.45) is -0.427. The lowest BCUT2D eigenvalue weighted by Crippen LogP contribution is -2.51. The highest BCUT2D eigenvalue weighted by Crippen LogP contribution is 2.45. The zero-order valence-electron chi connectivity index (χ0n) is 13.9. The Morgan fingerprint density at radius 3 is 1.42 bits per heavy atom. The van der Waals surface area contributed by atoms with Gasteiger partial charge < -0.3 is 0 Å². The Hall–Kier alpha value is -3.28. The lowest BCUT2D eigenvalue weighted by Gasteiger charge is -2.35. The van der Waals surface area contributed by atoms with Gasteiger partial charge in [-0.1, -0.05) is 36.4 Å². The molecule has 2 aromatic carbocycles. The van der Waals surface area contributed by atoms with Crippen molar-refractivity contribution in [3.05, 3.63) is 60.7 Å². The third-order valence-corrected chi connectivity index (χ3v) is 4.90. The van der Waals surface area contributed by atoms with Gasteiger partial charge in [-0.2, -0.15) is 0 Å². The van der Waals surface area contributed by atoms with Gasteiger partial charge in [0.15, 0.2) is 0 Å². The van der Waals surface area contributed by atoms with Gasteiger partial charge in [-0.05, 0) is 24.3 Å². The van der Waals surface area contributed by atoms with Crippen molar-refractivity contribution < 1.29 is 19.2 Å². The van der Waals surface area contributed by atoms with Crippen molar-refractivity contribution in [3.8, 4) is 0 Å². The Morgan fingerprint density at radius 1 is 0.577 bits per heavy atom. The van der Waals surface area contributed by atoms with Crippen molar-refractivity contribution in [2.24, 2.45) is 5.41 Å². The summed E-state index contributed by atoms with van der Waals surface area (Å²) in [5.41, 5.74) is -0.328. The fourth-order valence-corrected chi connectivity index (χ4v) is 3.71. The first-order valence-electron chi connectivity index (χ1n) is 8.35. The highest BCUT2D eigenvalue weighted by Gasteiger charge is 2.57. The molecule has 0 N–H and O–H groups in total. The quantitative estimate of drug-likeness (QED) is 0.781. The number of hydrogen-bond donors (Lipinski definition) is 0. The average molecular weight is 348 g/mol. The normalized spacial score (nSPS) is 19.5. The van der Waals surface area contributed by atoms with Crippen LogP contribution in [0.15, 0.2) is 60.7 Å². The number of carbonyl (C=O) groups is 4. The van der Waals surface area contributed by atoms with E-state index in [4.69, 9.17) is 0 Å². The predicted molar refractivity (Wildman–Crippen MR) is 94.2 cm³/mol. The maximum absolute atomic E-state index is 13.0. The monoisotopic (exact) mass is 348 g/mol. The standard InChI is InChI=1S/C20H16N2O4/c23-16-11-20(12-17(24)21(16)14-7-3-1-4-8-14)13-18(25)22(19(20)26)15-9-5-2-6-10-15/h1-10H,11-13H2. The lowest BCUT2D eigenvalue weighted by molar-refractivity contribution is -0.141. The first-order chi connectivity index (χ1) is 12.5. The Bertz CT molecular complexity index is 890. The van der Waals surface area contributed by atoms with Gasteiger partial charge in [0.05, 0.1) is 16.8 Å². The minimum atomic E-state index is -1.27. The fraction of sp³-hybridized carbons (Fsp3) is 0.200. The van der Waals surface area contributed by atoms with Crippen LogP contribution >= 0.6 is 0 Å². The predicted octanol–water partition coefficient (Wildman–Crippen LogP) is 2.29. The molecule has 0 atom stereocenters. The zero-order valence-corrected chi connectivity index (χ0v) is 13.9.